The average molecular weight is 335 g/mol. The molecule has 1 aliphatic carbocycles. The summed E-state index contributed by atoms with van der Waals surface area (Å²) in [5, 5.41) is 0.904. The maximum Gasteiger partial charge on any atom is 0.333 e. The SMILES string of the molecule is C=C1CCC(=O)N1OC(=O)CCCCC(=O)OC1C(=O)C=CC1=O. The first-order valence-electron chi connectivity index (χ1n) is 7.55. The summed E-state index contributed by atoms with van der Waals surface area (Å²) in [4.78, 5) is 62.1. The largest absolute Gasteiger partial charge is 0.445 e. The lowest BCUT2D eigenvalue weighted by Crippen LogP contribution is -2.29. The second-order valence-electron chi connectivity index (χ2n) is 5.43. The molecule has 0 aromatic rings. The van der Waals surface area contributed by atoms with Crippen molar-refractivity contribution in [3.05, 3.63) is 24.4 Å². The molecule has 1 aliphatic heterocycles. The zero-order chi connectivity index (χ0) is 17.7. The molecule has 1 heterocycles. The first-order chi connectivity index (χ1) is 11.4. The lowest BCUT2D eigenvalue weighted by molar-refractivity contribution is -0.186. The van der Waals surface area contributed by atoms with Crippen molar-refractivity contribution < 1.29 is 33.5 Å². The predicted octanol–water partition coefficient (Wildman–Crippen LogP) is 0.761. The smallest absolute Gasteiger partial charge is 0.333 e. The molecule has 0 bridgehead atoms. The number of carbonyl (C=O) groups excluding carboxylic acids is 5. The summed E-state index contributed by atoms with van der Waals surface area (Å²) < 4.78 is 4.80. The number of hydrogen-bond donors (Lipinski definition) is 0. The molecule has 0 radical (unpaired) electrons. The van der Waals surface area contributed by atoms with Gasteiger partial charge in [0.1, 0.15) is 0 Å². The summed E-state index contributed by atoms with van der Waals surface area (Å²) in [7, 11) is 0. The molecular formula is C16H17NO7. The molecule has 8 nitrogen and oxygen atoms in total. The predicted molar refractivity (Wildman–Crippen MR) is 78.8 cm³/mol. The number of esters is 1. The Morgan fingerprint density at radius 1 is 1.04 bits per heavy atom. The van der Waals surface area contributed by atoms with E-state index in [0.29, 0.717) is 25.0 Å². The van der Waals surface area contributed by atoms with Crippen LogP contribution in [0.4, 0.5) is 0 Å². The van der Waals surface area contributed by atoms with Gasteiger partial charge in [-0.3, -0.25) is 19.2 Å². The monoisotopic (exact) mass is 335 g/mol. The van der Waals surface area contributed by atoms with Crippen molar-refractivity contribution in [1.82, 2.24) is 5.06 Å². The maximum atomic E-state index is 11.6. The molecule has 0 N–H and O–H groups in total. The number of unbranched alkanes of at least 4 members (excludes halogenated alkanes) is 1. The molecule has 0 aromatic heterocycles. The second-order valence-corrected chi connectivity index (χ2v) is 5.43. The van der Waals surface area contributed by atoms with E-state index in [2.05, 4.69) is 6.58 Å². The normalized spacial score (nSPS) is 17.8. The van der Waals surface area contributed by atoms with Crippen LogP contribution in [0.25, 0.3) is 0 Å². The standard InChI is InChI=1S/C16H17NO7/c1-10-6-9-13(20)17(10)24-15(22)5-3-2-4-14(21)23-16-11(18)7-8-12(16)19/h7-8,16H,1-6,9H2. The van der Waals surface area contributed by atoms with E-state index < -0.39 is 29.6 Å². The number of nitrogens with zero attached hydrogens (tertiary/aromatic N) is 1. The third-order valence-corrected chi connectivity index (χ3v) is 3.52. The highest BCUT2D eigenvalue weighted by Gasteiger charge is 2.31. The second kappa shape index (κ2) is 7.67. The summed E-state index contributed by atoms with van der Waals surface area (Å²) in [6.07, 6.45) is 2.17. The number of carbonyl (C=O) groups is 5. The lowest BCUT2D eigenvalue weighted by atomic mass is 10.2. The van der Waals surface area contributed by atoms with Crippen LogP contribution in [0.2, 0.25) is 0 Å². The van der Waals surface area contributed by atoms with Gasteiger partial charge in [0, 0.05) is 19.3 Å². The highest BCUT2D eigenvalue weighted by atomic mass is 16.7. The fourth-order valence-electron chi connectivity index (χ4n) is 2.22. The van der Waals surface area contributed by atoms with Gasteiger partial charge in [-0.1, -0.05) is 6.58 Å². The van der Waals surface area contributed by atoms with Crippen LogP contribution in [0.5, 0.6) is 0 Å². The highest BCUT2D eigenvalue weighted by Crippen LogP contribution is 2.21. The van der Waals surface area contributed by atoms with Gasteiger partial charge in [-0.25, -0.2) is 4.79 Å². The van der Waals surface area contributed by atoms with Gasteiger partial charge < -0.3 is 9.57 Å². The first kappa shape index (κ1) is 17.6. The molecule has 0 unspecified atom stereocenters. The Bertz CT molecular complexity index is 582. The molecule has 2 rings (SSSR count). The van der Waals surface area contributed by atoms with Gasteiger partial charge in [0.25, 0.3) is 5.91 Å². The Balaban J connectivity index is 1.62. The Hall–Kier alpha value is -2.77. The third kappa shape index (κ3) is 4.37. The molecule has 1 fully saturated rings. The van der Waals surface area contributed by atoms with Crippen molar-refractivity contribution in [3.63, 3.8) is 0 Å². The van der Waals surface area contributed by atoms with Crippen LogP contribution in [0.1, 0.15) is 38.5 Å². The van der Waals surface area contributed by atoms with Crippen LogP contribution in [-0.2, 0) is 33.5 Å². The van der Waals surface area contributed by atoms with E-state index >= 15 is 0 Å². The molecular weight excluding hydrogens is 318 g/mol. The molecule has 8 heteroatoms. The minimum atomic E-state index is -1.37. The topological polar surface area (TPSA) is 107 Å². The molecule has 24 heavy (non-hydrogen) atoms. The lowest BCUT2D eigenvalue weighted by Gasteiger charge is -2.15. The van der Waals surface area contributed by atoms with Gasteiger partial charge in [0.15, 0.2) is 0 Å². The van der Waals surface area contributed by atoms with Crippen LogP contribution in [-0.4, -0.2) is 40.6 Å². The van der Waals surface area contributed by atoms with Crippen LogP contribution in [0, 0.1) is 0 Å². The summed E-state index contributed by atoms with van der Waals surface area (Å²) in [6.45, 7) is 3.63. The van der Waals surface area contributed by atoms with Crippen molar-refractivity contribution in [2.45, 2.75) is 44.6 Å². The summed E-state index contributed by atoms with van der Waals surface area (Å²) in [5.74, 6) is -2.68. The van der Waals surface area contributed by atoms with Crippen molar-refractivity contribution in [1.29, 1.82) is 0 Å². The van der Waals surface area contributed by atoms with E-state index in [9.17, 15) is 24.0 Å². The fourth-order valence-corrected chi connectivity index (χ4v) is 2.22. The van der Waals surface area contributed by atoms with Crippen molar-refractivity contribution >= 4 is 29.4 Å². The van der Waals surface area contributed by atoms with Crippen molar-refractivity contribution in [3.8, 4) is 0 Å². The van der Waals surface area contributed by atoms with E-state index in [1.807, 2.05) is 0 Å². The number of allylic oxidation sites excluding steroid dienone is 1. The van der Waals surface area contributed by atoms with Crippen LogP contribution in [0.15, 0.2) is 24.4 Å². The summed E-state index contributed by atoms with van der Waals surface area (Å²) in [5.41, 5.74) is 0.441. The summed E-state index contributed by atoms with van der Waals surface area (Å²) >= 11 is 0. The van der Waals surface area contributed by atoms with Gasteiger partial charge in [0.2, 0.25) is 17.7 Å². The van der Waals surface area contributed by atoms with E-state index in [0.717, 1.165) is 17.2 Å². The quantitative estimate of drug-likeness (QED) is 0.384. The number of amides is 1. The fraction of sp³-hybridized carbons (Fsp3) is 0.438. The zero-order valence-electron chi connectivity index (χ0n) is 13.0. The van der Waals surface area contributed by atoms with Gasteiger partial charge in [-0.15, -0.1) is 5.06 Å². The van der Waals surface area contributed by atoms with Gasteiger partial charge in [-0.2, -0.15) is 0 Å². The average Bonchev–Trinajstić information content (AvgIpc) is 3.01. The van der Waals surface area contributed by atoms with E-state index in [4.69, 9.17) is 9.57 Å². The molecule has 1 saturated heterocycles. The molecule has 0 spiro atoms. The van der Waals surface area contributed by atoms with Crippen LogP contribution < -0.4 is 0 Å². The van der Waals surface area contributed by atoms with Crippen LogP contribution >= 0.6 is 0 Å². The minimum absolute atomic E-state index is 0.0210. The molecule has 2 aliphatic rings. The van der Waals surface area contributed by atoms with Gasteiger partial charge in [0.05, 0.1) is 5.70 Å². The number of ether oxygens (including phenoxy) is 1. The van der Waals surface area contributed by atoms with Crippen molar-refractivity contribution in [2.75, 3.05) is 0 Å². The van der Waals surface area contributed by atoms with E-state index in [1.165, 1.54) is 0 Å². The zero-order valence-corrected chi connectivity index (χ0v) is 13.0. The maximum absolute atomic E-state index is 11.6. The Morgan fingerprint density at radius 3 is 2.17 bits per heavy atom. The molecule has 1 amide bonds. The Kier molecular flexibility index (Phi) is 5.62. The van der Waals surface area contributed by atoms with Crippen molar-refractivity contribution in [2.24, 2.45) is 0 Å². The van der Waals surface area contributed by atoms with Gasteiger partial charge in [-0.05, 0) is 31.4 Å². The number of ketones is 2. The Morgan fingerprint density at radius 2 is 1.62 bits per heavy atom. The Labute approximate surface area is 138 Å². The van der Waals surface area contributed by atoms with E-state index in [-0.39, 0.29) is 25.2 Å². The number of hydroxylamine groups is 2. The molecule has 0 saturated carbocycles. The minimum Gasteiger partial charge on any atom is -0.445 e. The van der Waals surface area contributed by atoms with E-state index in [1.54, 1.807) is 0 Å². The number of rotatable bonds is 7. The van der Waals surface area contributed by atoms with Crippen LogP contribution in [0.3, 0.4) is 0 Å². The molecule has 128 valence electrons. The first-order valence-corrected chi connectivity index (χ1v) is 7.55. The number of hydrogen-bond acceptors (Lipinski definition) is 7. The van der Waals surface area contributed by atoms with Gasteiger partial charge >= 0.3 is 11.9 Å². The summed E-state index contributed by atoms with van der Waals surface area (Å²) in [6, 6.07) is 0. The molecule has 0 aromatic carbocycles. The highest BCUT2D eigenvalue weighted by molar-refractivity contribution is 6.21. The third-order valence-electron chi connectivity index (χ3n) is 3.52. The molecule has 0 atom stereocenters.